The number of nitrogens with zero attached hydrogens (tertiary/aromatic N) is 5. The molecule has 2 N–H and O–H groups in total. The van der Waals surface area contributed by atoms with E-state index in [1.54, 1.807) is 24.0 Å². The SMILES string of the molecule is Cc1nc(N2CCOCC2)[nH]c(=O)c1CCC(=O)NCc1ccc(-n2cccn2)nc1. The number of rotatable bonds is 7. The Morgan fingerprint density at radius 1 is 1.29 bits per heavy atom. The Morgan fingerprint density at radius 2 is 2.13 bits per heavy atom. The van der Waals surface area contributed by atoms with Gasteiger partial charge >= 0.3 is 0 Å². The second-order valence-corrected chi connectivity index (χ2v) is 7.30. The first-order valence-electron chi connectivity index (χ1n) is 10.2. The van der Waals surface area contributed by atoms with Crippen LogP contribution in [0.3, 0.4) is 0 Å². The lowest BCUT2D eigenvalue weighted by atomic mass is 10.1. The first-order valence-corrected chi connectivity index (χ1v) is 10.2. The van der Waals surface area contributed by atoms with Crippen molar-refractivity contribution in [2.45, 2.75) is 26.3 Å². The average molecular weight is 423 g/mol. The number of anilines is 1. The number of aromatic amines is 1. The topological polar surface area (TPSA) is 118 Å². The van der Waals surface area contributed by atoms with Crippen molar-refractivity contribution in [3.8, 4) is 5.82 Å². The number of aryl methyl sites for hydroxylation is 1. The largest absolute Gasteiger partial charge is 0.378 e. The molecule has 0 bridgehead atoms. The number of aromatic nitrogens is 5. The summed E-state index contributed by atoms with van der Waals surface area (Å²) < 4.78 is 7.00. The molecule has 0 unspecified atom stereocenters. The molecule has 0 atom stereocenters. The molecule has 3 aromatic heterocycles. The first-order chi connectivity index (χ1) is 15.1. The van der Waals surface area contributed by atoms with Gasteiger partial charge in [0.1, 0.15) is 0 Å². The van der Waals surface area contributed by atoms with Crippen molar-refractivity contribution in [1.82, 2.24) is 30.0 Å². The van der Waals surface area contributed by atoms with E-state index in [-0.39, 0.29) is 17.9 Å². The molecule has 162 valence electrons. The van der Waals surface area contributed by atoms with Gasteiger partial charge in [-0.15, -0.1) is 0 Å². The number of hydrogen-bond acceptors (Lipinski definition) is 7. The van der Waals surface area contributed by atoms with Gasteiger partial charge in [-0.1, -0.05) is 6.07 Å². The third kappa shape index (κ3) is 5.15. The van der Waals surface area contributed by atoms with Gasteiger partial charge in [0.25, 0.3) is 5.56 Å². The van der Waals surface area contributed by atoms with Gasteiger partial charge in [-0.25, -0.2) is 14.6 Å². The number of nitrogens with one attached hydrogen (secondary N) is 2. The van der Waals surface area contributed by atoms with Crippen molar-refractivity contribution in [1.29, 1.82) is 0 Å². The van der Waals surface area contributed by atoms with Crippen LogP contribution in [0.1, 0.15) is 23.2 Å². The van der Waals surface area contributed by atoms with Gasteiger partial charge in [0.05, 0.1) is 13.2 Å². The van der Waals surface area contributed by atoms with Crippen molar-refractivity contribution in [3.63, 3.8) is 0 Å². The second-order valence-electron chi connectivity index (χ2n) is 7.30. The molecule has 4 rings (SSSR count). The van der Waals surface area contributed by atoms with E-state index >= 15 is 0 Å². The van der Waals surface area contributed by atoms with E-state index in [0.29, 0.717) is 62.3 Å². The summed E-state index contributed by atoms with van der Waals surface area (Å²) >= 11 is 0. The Bertz CT molecular complexity index is 1070. The minimum atomic E-state index is -0.194. The lowest BCUT2D eigenvalue weighted by molar-refractivity contribution is -0.121. The van der Waals surface area contributed by atoms with Crippen LogP contribution in [0.15, 0.2) is 41.6 Å². The van der Waals surface area contributed by atoms with Crippen LogP contribution in [0, 0.1) is 6.92 Å². The normalized spacial score (nSPS) is 13.9. The van der Waals surface area contributed by atoms with E-state index in [2.05, 4.69) is 25.4 Å². The van der Waals surface area contributed by atoms with Crippen molar-refractivity contribution in [3.05, 3.63) is 64.0 Å². The van der Waals surface area contributed by atoms with Crippen molar-refractivity contribution < 1.29 is 9.53 Å². The fraction of sp³-hybridized carbons (Fsp3) is 0.381. The maximum atomic E-state index is 12.5. The fourth-order valence-corrected chi connectivity index (χ4v) is 3.40. The van der Waals surface area contributed by atoms with Crippen LogP contribution in [-0.2, 0) is 22.5 Å². The summed E-state index contributed by atoms with van der Waals surface area (Å²) in [5.41, 5.74) is 1.88. The monoisotopic (exact) mass is 423 g/mol. The number of hydrogen-bond donors (Lipinski definition) is 2. The Balaban J connectivity index is 1.30. The summed E-state index contributed by atoms with van der Waals surface area (Å²) in [6, 6.07) is 5.57. The molecule has 0 aromatic carbocycles. The predicted molar refractivity (Wildman–Crippen MR) is 114 cm³/mol. The van der Waals surface area contributed by atoms with Crippen LogP contribution < -0.4 is 15.8 Å². The molecular weight excluding hydrogens is 398 g/mol. The van der Waals surface area contributed by atoms with Gasteiger partial charge in [0, 0.05) is 55.9 Å². The highest BCUT2D eigenvalue weighted by atomic mass is 16.5. The predicted octanol–water partition coefficient (Wildman–Crippen LogP) is 0.745. The molecule has 10 heteroatoms. The van der Waals surface area contributed by atoms with Gasteiger partial charge in [-0.05, 0) is 31.0 Å². The summed E-state index contributed by atoms with van der Waals surface area (Å²) in [7, 11) is 0. The summed E-state index contributed by atoms with van der Waals surface area (Å²) in [5, 5.41) is 7.00. The fourth-order valence-electron chi connectivity index (χ4n) is 3.40. The molecule has 10 nitrogen and oxygen atoms in total. The molecule has 0 spiro atoms. The Labute approximate surface area is 179 Å². The number of amides is 1. The minimum absolute atomic E-state index is 0.132. The van der Waals surface area contributed by atoms with Crippen LogP contribution in [0.4, 0.5) is 5.95 Å². The van der Waals surface area contributed by atoms with Crippen LogP contribution in [-0.4, -0.2) is 56.9 Å². The Kier molecular flexibility index (Phi) is 6.37. The first kappa shape index (κ1) is 20.7. The third-order valence-electron chi connectivity index (χ3n) is 5.16. The van der Waals surface area contributed by atoms with Gasteiger partial charge in [-0.2, -0.15) is 5.10 Å². The number of carbonyl (C=O) groups excluding carboxylic acids is 1. The van der Waals surface area contributed by atoms with Crippen LogP contribution >= 0.6 is 0 Å². The molecule has 0 aliphatic carbocycles. The zero-order chi connectivity index (χ0) is 21.6. The average Bonchev–Trinajstić information content (AvgIpc) is 3.33. The lowest BCUT2D eigenvalue weighted by Crippen LogP contribution is -2.38. The smallest absolute Gasteiger partial charge is 0.255 e. The highest BCUT2D eigenvalue weighted by molar-refractivity contribution is 5.76. The van der Waals surface area contributed by atoms with E-state index < -0.39 is 0 Å². The molecular formula is C21H25N7O3. The van der Waals surface area contributed by atoms with Crippen molar-refractivity contribution >= 4 is 11.9 Å². The highest BCUT2D eigenvalue weighted by Gasteiger charge is 2.16. The summed E-state index contributed by atoms with van der Waals surface area (Å²) in [6.45, 7) is 4.80. The second kappa shape index (κ2) is 9.52. The molecule has 1 aliphatic rings. The van der Waals surface area contributed by atoms with E-state index in [0.717, 1.165) is 5.56 Å². The van der Waals surface area contributed by atoms with Gasteiger partial charge in [0.15, 0.2) is 5.82 Å². The maximum Gasteiger partial charge on any atom is 0.255 e. The van der Waals surface area contributed by atoms with Crippen molar-refractivity contribution in [2.75, 3.05) is 31.2 Å². The van der Waals surface area contributed by atoms with Crippen LogP contribution in [0.5, 0.6) is 0 Å². The van der Waals surface area contributed by atoms with E-state index in [1.807, 2.05) is 29.3 Å². The summed E-state index contributed by atoms with van der Waals surface area (Å²) in [5.74, 6) is 1.14. The zero-order valence-electron chi connectivity index (χ0n) is 17.4. The van der Waals surface area contributed by atoms with Crippen LogP contribution in [0.25, 0.3) is 5.82 Å². The van der Waals surface area contributed by atoms with Crippen molar-refractivity contribution in [2.24, 2.45) is 0 Å². The number of morpholine rings is 1. The summed E-state index contributed by atoms with van der Waals surface area (Å²) in [4.78, 5) is 38.5. The number of H-pyrrole nitrogens is 1. The van der Waals surface area contributed by atoms with E-state index in [4.69, 9.17) is 4.74 Å². The van der Waals surface area contributed by atoms with E-state index in [1.165, 1.54) is 0 Å². The summed E-state index contributed by atoms with van der Waals surface area (Å²) in [6.07, 6.45) is 5.76. The number of ether oxygens (including phenoxy) is 1. The molecule has 1 saturated heterocycles. The molecule has 1 amide bonds. The molecule has 3 aromatic rings. The molecule has 0 radical (unpaired) electrons. The molecule has 0 saturated carbocycles. The number of carbonyl (C=O) groups is 1. The number of pyridine rings is 1. The van der Waals surface area contributed by atoms with Gasteiger partial charge in [-0.3, -0.25) is 14.6 Å². The Hall–Kier alpha value is -3.53. The minimum Gasteiger partial charge on any atom is -0.378 e. The molecule has 31 heavy (non-hydrogen) atoms. The zero-order valence-corrected chi connectivity index (χ0v) is 17.4. The van der Waals surface area contributed by atoms with Gasteiger partial charge < -0.3 is 15.0 Å². The standard InChI is InChI=1S/C21H25N7O3/c1-15-17(20(30)26-21(25-15)27-9-11-31-12-10-27)4-6-19(29)23-14-16-3-5-18(22-13-16)28-8-2-7-24-28/h2-3,5,7-8,13H,4,6,9-12,14H2,1H3,(H,23,29)(H,25,26,30). The van der Waals surface area contributed by atoms with E-state index in [9.17, 15) is 9.59 Å². The van der Waals surface area contributed by atoms with Crippen LogP contribution in [0.2, 0.25) is 0 Å². The molecule has 1 fully saturated rings. The van der Waals surface area contributed by atoms with Gasteiger partial charge in [0.2, 0.25) is 11.9 Å². The maximum absolute atomic E-state index is 12.5. The third-order valence-corrected chi connectivity index (χ3v) is 5.16. The molecule has 1 aliphatic heterocycles. The quantitative estimate of drug-likeness (QED) is 0.576. The highest BCUT2D eigenvalue weighted by Crippen LogP contribution is 2.11. The Morgan fingerprint density at radius 3 is 2.81 bits per heavy atom. The lowest BCUT2D eigenvalue weighted by Gasteiger charge is -2.27. The molecule has 4 heterocycles.